The van der Waals surface area contributed by atoms with Crippen LogP contribution in [0.15, 0.2) is 17.3 Å². The third-order valence-electron chi connectivity index (χ3n) is 1.69. The molecular weight excluding hydrogens is 166 g/mol. The first-order valence-electron chi connectivity index (χ1n) is 4.09. The standard InChI is InChI=1S/C10H13NS/c1-3-5-9-6-10(12)11-7-8(9)4-2/h4-7,12H,3H2,1-2H3/b8-4-,9-5-. The van der Waals surface area contributed by atoms with Crippen LogP contribution in [-0.2, 0) is 0 Å². The van der Waals surface area contributed by atoms with Gasteiger partial charge in [0.05, 0.1) is 5.03 Å². The van der Waals surface area contributed by atoms with Crippen molar-refractivity contribution in [3.63, 3.8) is 0 Å². The Labute approximate surface area is 78.3 Å². The van der Waals surface area contributed by atoms with Crippen molar-refractivity contribution in [1.82, 2.24) is 4.98 Å². The normalized spacial score (nSPS) is 13.9. The Hall–Kier alpha value is -0.760. The van der Waals surface area contributed by atoms with E-state index in [-0.39, 0.29) is 0 Å². The van der Waals surface area contributed by atoms with Crippen LogP contribution in [0, 0.1) is 0 Å². The molecule has 0 aromatic carbocycles. The Morgan fingerprint density at radius 2 is 2.25 bits per heavy atom. The maximum absolute atomic E-state index is 4.19. The first-order valence-corrected chi connectivity index (χ1v) is 4.54. The van der Waals surface area contributed by atoms with E-state index in [1.54, 1.807) is 0 Å². The quantitative estimate of drug-likeness (QED) is 0.642. The molecule has 0 fully saturated rings. The summed E-state index contributed by atoms with van der Waals surface area (Å²) in [6.07, 6.45) is 7.13. The highest BCUT2D eigenvalue weighted by Crippen LogP contribution is 1.91. The summed E-state index contributed by atoms with van der Waals surface area (Å²) in [6.45, 7) is 4.14. The number of pyridine rings is 1. The monoisotopic (exact) mass is 179 g/mol. The van der Waals surface area contributed by atoms with Crippen LogP contribution in [0.5, 0.6) is 0 Å². The summed E-state index contributed by atoms with van der Waals surface area (Å²) in [5, 5.41) is 3.18. The summed E-state index contributed by atoms with van der Waals surface area (Å²) < 4.78 is 0. The topological polar surface area (TPSA) is 12.9 Å². The van der Waals surface area contributed by atoms with Gasteiger partial charge >= 0.3 is 0 Å². The minimum Gasteiger partial charge on any atom is -0.250 e. The SMILES string of the molecule is C/C=c1/cnc(S)c/c1=C/CC. The molecule has 1 aromatic heterocycles. The Bertz CT molecular complexity index is 368. The van der Waals surface area contributed by atoms with Gasteiger partial charge < -0.3 is 0 Å². The molecule has 1 heterocycles. The van der Waals surface area contributed by atoms with Gasteiger partial charge in [0.1, 0.15) is 0 Å². The maximum Gasteiger partial charge on any atom is 0.0935 e. The lowest BCUT2D eigenvalue weighted by molar-refractivity contribution is 1.10. The predicted octanol–water partition coefficient (Wildman–Crippen LogP) is 1.36. The minimum atomic E-state index is 0.778. The fourth-order valence-electron chi connectivity index (χ4n) is 1.11. The van der Waals surface area contributed by atoms with Gasteiger partial charge in [0.15, 0.2) is 0 Å². The first-order chi connectivity index (χ1) is 5.77. The highest BCUT2D eigenvalue weighted by molar-refractivity contribution is 7.80. The minimum absolute atomic E-state index is 0.778. The second-order valence-electron chi connectivity index (χ2n) is 2.57. The van der Waals surface area contributed by atoms with E-state index in [1.807, 2.05) is 19.2 Å². The number of thiol groups is 1. The van der Waals surface area contributed by atoms with Crippen LogP contribution in [0.3, 0.4) is 0 Å². The summed E-state index contributed by atoms with van der Waals surface area (Å²) in [5.41, 5.74) is 0. The fourth-order valence-corrected chi connectivity index (χ4v) is 1.30. The number of rotatable bonds is 1. The van der Waals surface area contributed by atoms with Crippen LogP contribution in [0.1, 0.15) is 20.3 Å². The molecule has 12 heavy (non-hydrogen) atoms. The van der Waals surface area contributed by atoms with Gasteiger partial charge in [0, 0.05) is 6.20 Å². The molecule has 0 saturated carbocycles. The summed E-state index contributed by atoms with van der Waals surface area (Å²) >= 11 is 4.19. The summed E-state index contributed by atoms with van der Waals surface area (Å²) in [4.78, 5) is 4.11. The van der Waals surface area contributed by atoms with Gasteiger partial charge in [0.25, 0.3) is 0 Å². The van der Waals surface area contributed by atoms with Crippen molar-refractivity contribution in [2.24, 2.45) is 0 Å². The number of nitrogens with zero attached hydrogens (tertiary/aromatic N) is 1. The van der Waals surface area contributed by atoms with E-state index < -0.39 is 0 Å². The van der Waals surface area contributed by atoms with E-state index in [4.69, 9.17) is 0 Å². The predicted molar refractivity (Wildman–Crippen MR) is 55.6 cm³/mol. The Balaban J connectivity index is 3.43. The summed E-state index contributed by atoms with van der Waals surface area (Å²) in [5.74, 6) is 0. The molecule has 0 bridgehead atoms. The molecule has 1 nitrogen and oxygen atoms in total. The molecule has 1 rings (SSSR count). The third kappa shape index (κ3) is 2.11. The van der Waals surface area contributed by atoms with Gasteiger partial charge in [-0.3, -0.25) is 0 Å². The molecule has 0 unspecified atom stereocenters. The Morgan fingerprint density at radius 3 is 2.83 bits per heavy atom. The van der Waals surface area contributed by atoms with Crippen LogP contribution in [0.2, 0.25) is 0 Å². The van der Waals surface area contributed by atoms with Crippen molar-refractivity contribution in [1.29, 1.82) is 0 Å². The van der Waals surface area contributed by atoms with E-state index in [9.17, 15) is 0 Å². The molecule has 64 valence electrons. The molecule has 1 aromatic rings. The molecule has 0 atom stereocenters. The number of aromatic nitrogens is 1. The van der Waals surface area contributed by atoms with Gasteiger partial charge in [-0.2, -0.15) is 0 Å². The van der Waals surface area contributed by atoms with E-state index in [2.05, 4.69) is 36.7 Å². The molecule has 0 saturated heterocycles. The molecule has 0 aliphatic heterocycles. The molecule has 0 aliphatic carbocycles. The molecule has 0 aliphatic rings. The van der Waals surface area contributed by atoms with Crippen LogP contribution in [0.25, 0.3) is 12.2 Å². The molecular formula is C10H13NS. The van der Waals surface area contributed by atoms with Crippen LogP contribution >= 0.6 is 12.6 Å². The molecule has 2 heteroatoms. The second kappa shape index (κ2) is 4.31. The van der Waals surface area contributed by atoms with Crippen molar-refractivity contribution in [3.05, 3.63) is 22.7 Å². The van der Waals surface area contributed by atoms with Gasteiger partial charge in [0.2, 0.25) is 0 Å². The van der Waals surface area contributed by atoms with Crippen LogP contribution in [0.4, 0.5) is 0 Å². The lowest BCUT2D eigenvalue weighted by atomic mass is 10.2. The summed E-state index contributed by atoms with van der Waals surface area (Å²) in [7, 11) is 0. The zero-order valence-corrected chi connectivity index (χ0v) is 8.31. The Kier molecular flexibility index (Phi) is 3.35. The van der Waals surface area contributed by atoms with Crippen molar-refractivity contribution in [3.8, 4) is 0 Å². The third-order valence-corrected chi connectivity index (χ3v) is 1.93. The van der Waals surface area contributed by atoms with E-state index in [0.29, 0.717) is 0 Å². The maximum atomic E-state index is 4.19. The number of hydrogen-bond acceptors (Lipinski definition) is 2. The van der Waals surface area contributed by atoms with Gasteiger partial charge in [-0.05, 0) is 29.8 Å². The van der Waals surface area contributed by atoms with E-state index in [1.165, 1.54) is 10.4 Å². The first kappa shape index (κ1) is 9.33. The largest absolute Gasteiger partial charge is 0.250 e. The molecule has 0 N–H and O–H groups in total. The highest BCUT2D eigenvalue weighted by Gasteiger charge is 1.86. The van der Waals surface area contributed by atoms with Crippen LogP contribution < -0.4 is 10.4 Å². The zero-order valence-electron chi connectivity index (χ0n) is 7.41. The zero-order chi connectivity index (χ0) is 8.97. The van der Waals surface area contributed by atoms with Gasteiger partial charge in [-0.15, -0.1) is 12.6 Å². The van der Waals surface area contributed by atoms with Gasteiger partial charge in [-0.1, -0.05) is 19.1 Å². The average molecular weight is 179 g/mol. The van der Waals surface area contributed by atoms with Crippen molar-refractivity contribution >= 4 is 24.8 Å². The average Bonchev–Trinajstić information content (AvgIpc) is 2.05. The van der Waals surface area contributed by atoms with Crippen molar-refractivity contribution in [2.45, 2.75) is 25.3 Å². The smallest absolute Gasteiger partial charge is 0.0935 e. The van der Waals surface area contributed by atoms with E-state index >= 15 is 0 Å². The van der Waals surface area contributed by atoms with Crippen LogP contribution in [-0.4, -0.2) is 4.98 Å². The fraction of sp³-hybridized carbons (Fsp3) is 0.300. The Morgan fingerprint density at radius 1 is 1.50 bits per heavy atom. The van der Waals surface area contributed by atoms with Gasteiger partial charge in [-0.25, -0.2) is 4.98 Å². The lowest BCUT2D eigenvalue weighted by Gasteiger charge is -1.91. The second-order valence-corrected chi connectivity index (χ2v) is 3.03. The highest BCUT2D eigenvalue weighted by atomic mass is 32.1. The molecule has 0 amide bonds. The summed E-state index contributed by atoms with van der Waals surface area (Å²) in [6, 6.07) is 1.99. The molecule has 0 spiro atoms. The number of hydrogen-bond donors (Lipinski definition) is 1. The van der Waals surface area contributed by atoms with E-state index in [0.717, 1.165) is 11.4 Å². The lowest BCUT2D eigenvalue weighted by Crippen LogP contribution is -2.24. The van der Waals surface area contributed by atoms with Crippen molar-refractivity contribution in [2.75, 3.05) is 0 Å². The van der Waals surface area contributed by atoms with Crippen molar-refractivity contribution < 1.29 is 0 Å². The molecule has 0 radical (unpaired) electrons.